The lowest BCUT2D eigenvalue weighted by atomic mass is 9.98. The van der Waals surface area contributed by atoms with Gasteiger partial charge in [0, 0.05) is 19.4 Å². The summed E-state index contributed by atoms with van der Waals surface area (Å²) in [6.45, 7) is 6.59. The molecule has 2 aromatic rings. The number of hydrogen-bond acceptors (Lipinski definition) is 9. The average Bonchev–Trinajstić information content (AvgIpc) is 3.26. The van der Waals surface area contributed by atoms with Gasteiger partial charge in [-0.2, -0.15) is 0 Å². The van der Waals surface area contributed by atoms with Gasteiger partial charge in [0.25, 0.3) is 0 Å². The second-order valence-electron chi connectivity index (χ2n) is 8.65. The summed E-state index contributed by atoms with van der Waals surface area (Å²) >= 11 is 0. The van der Waals surface area contributed by atoms with Crippen molar-refractivity contribution in [2.45, 2.75) is 12.8 Å². The van der Waals surface area contributed by atoms with Crippen molar-refractivity contribution in [3.63, 3.8) is 0 Å². The number of carbonyl (C=O) groups excluding carboxylic acids is 2. The maximum Gasteiger partial charge on any atom is 0.407 e. The minimum absolute atomic E-state index is 0.0403. The number of ether oxygens (including phenoxy) is 7. The average molecular weight is 546 g/mol. The van der Waals surface area contributed by atoms with Crippen molar-refractivity contribution in [2.75, 3.05) is 85.8 Å². The highest BCUT2D eigenvalue weighted by molar-refractivity contribution is 5.79. The summed E-state index contributed by atoms with van der Waals surface area (Å²) < 4.78 is 37.2. The van der Waals surface area contributed by atoms with E-state index in [1.165, 1.54) is 29.2 Å². The normalized spacial score (nSPS) is 12.1. The lowest BCUT2D eigenvalue weighted by Gasteiger charge is -2.14. The van der Waals surface area contributed by atoms with Crippen LogP contribution in [0.1, 0.15) is 24.0 Å². The molecule has 0 spiro atoms. The van der Waals surface area contributed by atoms with Gasteiger partial charge < -0.3 is 38.5 Å². The third-order valence-corrected chi connectivity index (χ3v) is 5.88. The van der Waals surface area contributed by atoms with Gasteiger partial charge in [-0.25, -0.2) is 4.79 Å². The van der Waals surface area contributed by atoms with Crippen LogP contribution in [0, 0.1) is 0 Å². The molecule has 1 aliphatic carbocycles. The number of fused-ring (bicyclic) bond motifs is 3. The van der Waals surface area contributed by atoms with E-state index in [0.29, 0.717) is 72.6 Å². The van der Waals surface area contributed by atoms with Crippen molar-refractivity contribution < 1.29 is 42.7 Å². The minimum atomic E-state index is -0.454. The first kappa shape index (κ1) is 30.5. The monoisotopic (exact) mass is 545 g/mol. The van der Waals surface area contributed by atoms with Crippen LogP contribution in [0.2, 0.25) is 0 Å². The Hall–Kier alpha value is -3.02. The van der Waals surface area contributed by atoms with Crippen LogP contribution < -0.4 is 5.32 Å². The molecule has 39 heavy (non-hydrogen) atoms. The lowest BCUT2D eigenvalue weighted by Crippen LogP contribution is -2.29. The molecule has 0 radical (unpaired) electrons. The van der Waals surface area contributed by atoms with E-state index in [2.05, 4.69) is 29.6 Å². The van der Waals surface area contributed by atoms with Crippen molar-refractivity contribution in [3.05, 3.63) is 59.7 Å². The fourth-order valence-corrected chi connectivity index (χ4v) is 4.10. The molecule has 10 heteroatoms. The van der Waals surface area contributed by atoms with Crippen LogP contribution >= 0.6 is 0 Å². The first-order valence-electron chi connectivity index (χ1n) is 13.3. The Balaban J connectivity index is 1.09. The smallest absolute Gasteiger partial charge is 0.407 e. The van der Waals surface area contributed by atoms with E-state index in [9.17, 15) is 9.59 Å². The van der Waals surface area contributed by atoms with Gasteiger partial charge in [-0.15, -0.1) is 0 Å². The zero-order valence-corrected chi connectivity index (χ0v) is 22.6. The molecule has 0 fully saturated rings. The topological polar surface area (TPSA) is 111 Å². The van der Waals surface area contributed by atoms with Crippen LogP contribution in [0.3, 0.4) is 0 Å². The number of alkyl carbamates (subject to hydrolysis) is 1. The number of benzene rings is 2. The highest BCUT2D eigenvalue weighted by atomic mass is 16.6. The van der Waals surface area contributed by atoms with E-state index in [4.69, 9.17) is 33.2 Å². The Kier molecular flexibility index (Phi) is 14.3. The van der Waals surface area contributed by atoms with E-state index < -0.39 is 6.09 Å². The Morgan fingerprint density at radius 2 is 1.05 bits per heavy atom. The van der Waals surface area contributed by atoms with Crippen molar-refractivity contribution in [1.29, 1.82) is 0 Å². The van der Waals surface area contributed by atoms with Crippen LogP contribution in [-0.2, 0) is 38.0 Å². The van der Waals surface area contributed by atoms with Crippen molar-refractivity contribution in [3.8, 4) is 11.1 Å². The molecular formula is C29H39NO9. The largest absolute Gasteiger partial charge is 0.463 e. The summed E-state index contributed by atoms with van der Waals surface area (Å²) in [5, 5.41) is 2.73. The zero-order chi connectivity index (χ0) is 27.5. The van der Waals surface area contributed by atoms with Gasteiger partial charge in [-0.3, -0.25) is 4.79 Å². The number of nitrogens with one attached hydrogen (secondary N) is 1. The minimum Gasteiger partial charge on any atom is -0.463 e. The first-order valence-corrected chi connectivity index (χ1v) is 13.3. The molecule has 0 saturated heterocycles. The second-order valence-corrected chi connectivity index (χ2v) is 8.65. The summed E-state index contributed by atoms with van der Waals surface area (Å²) in [4.78, 5) is 22.7. The molecule has 0 saturated carbocycles. The molecule has 1 aliphatic rings. The van der Waals surface area contributed by atoms with E-state index >= 15 is 0 Å². The summed E-state index contributed by atoms with van der Waals surface area (Å²) in [6.07, 6.45) is -0.454. The van der Waals surface area contributed by atoms with Gasteiger partial charge in [0.15, 0.2) is 0 Å². The molecule has 0 bridgehead atoms. The molecule has 3 rings (SSSR count). The van der Waals surface area contributed by atoms with Crippen LogP contribution in [0.15, 0.2) is 48.5 Å². The fourth-order valence-electron chi connectivity index (χ4n) is 4.10. The van der Waals surface area contributed by atoms with E-state index in [0.717, 1.165) is 0 Å². The van der Waals surface area contributed by atoms with Crippen molar-refractivity contribution in [1.82, 2.24) is 5.32 Å². The molecule has 10 nitrogen and oxygen atoms in total. The van der Waals surface area contributed by atoms with Gasteiger partial charge >= 0.3 is 12.1 Å². The third kappa shape index (κ3) is 11.3. The molecule has 0 atom stereocenters. The number of amides is 1. The molecule has 1 N–H and O–H groups in total. The van der Waals surface area contributed by atoms with Gasteiger partial charge in [-0.1, -0.05) is 48.5 Å². The van der Waals surface area contributed by atoms with Gasteiger partial charge in [0.1, 0.15) is 13.2 Å². The molecule has 214 valence electrons. The molecule has 0 unspecified atom stereocenters. The zero-order valence-electron chi connectivity index (χ0n) is 22.6. The maximum absolute atomic E-state index is 12.2. The van der Waals surface area contributed by atoms with Crippen LogP contribution in [0.4, 0.5) is 4.79 Å². The third-order valence-electron chi connectivity index (χ3n) is 5.88. The first-order chi connectivity index (χ1) is 19.2. The standard InChI is InChI=1S/C29H39NO9/c1-23(31)38-21-20-37-19-18-36-17-16-35-15-14-34-13-12-33-11-10-30-29(32)39-22-28-26-8-4-2-6-24(26)25-7-3-5-9-27(25)28/h2-9,28H,10-22H2,1H3,(H,30,32). The molecule has 1 amide bonds. The fraction of sp³-hybridized carbons (Fsp3) is 0.517. The summed E-state index contributed by atoms with van der Waals surface area (Å²) in [5.41, 5.74) is 4.77. The van der Waals surface area contributed by atoms with E-state index in [-0.39, 0.29) is 25.1 Å². The highest BCUT2D eigenvalue weighted by Gasteiger charge is 2.28. The number of esters is 1. The van der Waals surface area contributed by atoms with E-state index in [1.807, 2.05) is 24.3 Å². The molecule has 2 aromatic carbocycles. The van der Waals surface area contributed by atoms with Gasteiger partial charge in [0.05, 0.1) is 66.1 Å². The van der Waals surface area contributed by atoms with E-state index in [1.54, 1.807) is 0 Å². The lowest BCUT2D eigenvalue weighted by molar-refractivity contribution is -0.142. The van der Waals surface area contributed by atoms with Crippen molar-refractivity contribution >= 4 is 12.1 Å². The van der Waals surface area contributed by atoms with Gasteiger partial charge in [0.2, 0.25) is 0 Å². The van der Waals surface area contributed by atoms with Crippen LogP contribution in [-0.4, -0.2) is 97.9 Å². The van der Waals surface area contributed by atoms with Crippen LogP contribution in [0.25, 0.3) is 11.1 Å². The molecular weight excluding hydrogens is 506 g/mol. The summed E-state index contributed by atoms with van der Waals surface area (Å²) in [6, 6.07) is 16.5. The Bertz CT molecular complexity index is 955. The summed E-state index contributed by atoms with van der Waals surface area (Å²) in [5.74, 6) is -0.275. The second kappa shape index (κ2) is 18.3. The SMILES string of the molecule is CC(=O)OCCOCCOCCOCCOCCOCCNC(=O)OCC1c2ccccc2-c2ccccc21. The maximum atomic E-state index is 12.2. The molecule has 0 aromatic heterocycles. The van der Waals surface area contributed by atoms with Gasteiger partial charge in [-0.05, 0) is 22.3 Å². The Labute approximate surface area is 229 Å². The molecule has 0 aliphatic heterocycles. The number of carbonyl (C=O) groups is 2. The number of rotatable bonds is 20. The number of hydrogen-bond donors (Lipinski definition) is 1. The summed E-state index contributed by atoms with van der Waals surface area (Å²) in [7, 11) is 0. The molecule has 0 heterocycles. The van der Waals surface area contributed by atoms with Crippen molar-refractivity contribution in [2.24, 2.45) is 0 Å². The Morgan fingerprint density at radius 1 is 0.615 bits per heavy atom. The quantitative estimate of drug-likeness (QED) is 0.198. The Morgan fingerprint density at radius 3 is 1.54 bits per heavy atom. The highest BCUT2D eigenvalue weighted by Crippen LogP contribution is 2.44. The predicted molar refractivity (Wildman–Crippen MR) is 144 cm³/mol. The predicted octanol–water partition coefficient (Wildman–Crippen LogP) is 3.17. The van der Waals surface area contributed by atoms with Crippen LogP contribution in [0.5, 0.6) is 0 Å².